The first-order chi connectivity index (χ1) is 31.4. The fourth-order valence-corrected chi connectivity index (χ4v) is 7.81. The first-order valence-electron chi connectivity index (χ1n) is 21.5. The quantitative estimate of drug-likeness (QED) is 0.0306. The number of likely N-dealkylation sites (tertiary alicyclic amines) is 1. The van der Waals surface area contributed by atoms with E-state index in [0.29, 0.717) is 17.0 Å². The molecule has 364 valence electrons. The number of anilines is 1. The number of benzene rings is 1. The normalized spacial score (nSPS) is 18.4. The van der Waals surface area contributed by atoms with Crippen LogP contribution in [0.15, 0.2) is 29.4 Å². The van der Waals surface area contributed by atoms with Gasteiger partial charge in [0.05, 0.1) is 38.1 Å². The standard InChI is InChI=1S/C41H62N12O12S/c1-27-20-35(56)53(40(27)64)10-9-43-39(63)31(28(2)47-48-42)21-33(54)32(8-19-66-3)46-41(65)45-30-6-4-29(5-7-30)22-44-34(55)23-49-11-13-50(24-36(57)58)15-17-52(26-38(61)62)18-16-51(14-12-49)25-37(59)60/h4-7,27-28,31-32H,8-26H2,1-3H3,(H,43,63)(H,44,55)(H,57,58)(H,59,60)(H,61,62)(H2,45,46,65)/t27?,28-,31-,32-/m0/s1. The first-order valence-corrected chi connectivity index (χ1v) is 22.9. The van der Waals surface area contributed by atoms with E-state index >= 15 is 0 Å². The minimum Gasteiger partial charge on any atom is -0.480 e. The number of azide groups is 1. The number of nitrogens with zero attached hydrogens (tertiary/aromatic N) is 8. The van der Waals surface area contributed by atoms with Crippen molar-refractivity contribution in [3.05, 3.63) is 40.3 Å². The van der Waals surface area contributed by atoms with Crippen molar-refractivity contribution in [1.82, 2.24) is 40.4 Å². The van der Waals surface area contributed by atoms with Gasteiger partial charge in [-0.25, -0.2) is 4.79 Å². The topological polar surface area (TPSA) is 327 Å². The summed E-state index contributed by atoms with van der Waals surface area (Å²) in [5.74, 6) is -6.33. The molecule has 3 rings (SSSR count). The van der Waals surface area contributed by atoms with E-state index in [1.54, 1.807) is 50.8 Å². The summed E-state index contributed by atoms with van der Waals surface area (Å²) in [6.07, 6.45) is 1.78. The van der Waals surface area contributed by atoms with Crippen LogP contribution in [0.3, 0.4) is 0 Å². The maximum absolute atomic E-state index is 13.6. The third-order valence-electron chi connectivity index (χ3n) is 11.1. The highest BCUT2D eigenvalue weighted by atomic mass is 32.2. The molecule has 1 unspecified atom stereocenters. The minimum atomic E-state index is -1.10. The number of rotatable bonds is 24. The second kappa shape index (κ2) is 28.2. The molecular weight excluding hydrogens is 885 g/mol. The fraction of sp³-hybridized carbons (Fsp3) is 0.634. The van der Waals surface area contributed by atoms with Crippen molar-refractivity contribution < 1.29 is 58.5 Å². The lowest BCUT2D eigenvalue weighted by Gasteiger charge is -2.32. The molecule has 0 saturated carbocycles. The first kappa shape index (κ1) is 54.5. The molecule has 2 saturated heterocycles. The van der Waals surface area contributed by atoms with Gasteiger partial charge in [0.2, 0.25) is 23.6 Å². The summed E-state index contributed by atoms with van der Waals surface area (Å²) in [6, 6.07) is 3.93. The van der Waals surface area contributed by atoms with E-state index in [0.717, 1.165) is 4.90 Å². The van der Waals surface area contributed by atoms with Gasteiger partial charge in [0, 0.05) is 107 Å². The van der Waals surface area contributed by atoms with Gasteiger partial charge < -0.3 is 36.6 Å². The molecule has 1 aromatic carbocycles. The van der Waals surface area contributed by atoms with Gasteiger partial charge in [0.15, 0.2) is 5.78 Å². The minimum absolute atomic E-state index is 0.0481. The fourth-order valence-electron chi connectivity index (χ4n) is 7.33. The van der Waals surface area contributed by atoms with Crippen LogP contribution in [-0.4, -0.2) is 209 Å². The maximum Gasteiger partial charge on any atom is 0.319 e. The van der Waals surface area contributed by atoms with Crippen LogP contribution in [0.5, 0.6) is 0 Å². The number of hydrogen-bond donors (Lipinski definition) is 7. The Morgan fingerprint density at radius 2 is 1.33 bits per heavy atom. The molecule has 0 aliphatic carbocycles. The van der Waals surface area contributed by atoms with Crippen molar-refractivity contribution >= 4 is 70.8 Å². The Morgan fingerprint density at radius 3 is 1.79 bits per heavy atom. The smallest absolute Gasteiger partial charge is 0.319 e. The lowest BCUT2D eigenvalue weighted by atomic mass is 9.91. The molecule has 6 amide bonds. The number of carbonyl (C=O) groups is 9. The molecule has 2 heterocycles. The number of Topliss-reactive ketones (excluding diaryl/α,β-unsaturated/α-hetero) is 1. The van der Waals surface area contributed by atoms with Crippen molar-refractivity contribution in [3.63, 3.8) is 0 Å². The van der Waals surface area contributed by atoms with Crippen LogP contribution in [0, 0.1) is 11.8 Å². The van der Waals surface area contributed by atoms with Crippen molar-refractivity contribution in [1.29, 1.82) is 0 Å². The molecule has 0 aromatic heterocycles. The Morgan fingerprint density at radius 1 is 0.818 bits per heavy atom. The predicted octanol–water partition coefficient (Wildman–Crippen LogP) is -0.193. The van der Waals surface area contributed by atoms with E-state index in [9.17, 15) is 58.5 Å². The highest BCUT2D eigenvalue weighted by Gasteiger charge is 2.36. The van der Waals surface area contributed by atoms with Gasteiger partial charge in [-0.05, 0) is 41.7 Å². The molecule has 24 nitrogen and oxygen atoms in total. The van der Waals surface area contributed by atoms with Crippen LogP contribution >= 0.6 is 11.8 Å². The summed E-state index contributed by atoms with van der Waals surface area (Å²) >= 11 is 1.45. The number of amides is 6. The van der Waals surface area contributed by atoms with E-state index in [-0.39, 0.29) is 135 Å². The largest absolute Gasteiger partial charge is 0.480 e. The highest BCUT2D eigenvalue weighted by molar-refractivity contribution is 7.98. The van der Waals surface area contributed by atoms with Crippen LogP contribution in [0.4, 0.5) is 10.5 Å². The third kappa shape index (κ3) is 19.7. The van der Waals surface area contributed by atoms with Crippen LogP contribution in [0.25, 0.3) is 10.4 Å². The lowest BCUT2D eigenvalue weighted by molar-refractivity contribution is -0.140. The van der Waals surface area contributed by atoms with Gasteiger partial charge in [-0.1, -0.05) is 31.1 Å². The molecule has 1 aromatic rings. The second-order valence-electron chi connectivity index (χ2n) is 16.2. The molecule has 4 atom stereocenters. The molecule has 25 heteroatoms. The number of carbonyl (C=O) groups excluding carboxylic acids is 6. The molecule has 0 bridgehead atoms. The molecular formula is C41H62N12O12S. The number of carboxylic acids is 3. The molecule has 2 fully saturated rings. The third-order valence-corrected chi connectivity index (χ3v) is 11.7. The van der Waals surface area contributed by atoms with Gasteiger partial charge in [0.1, 0.15) is 0 Å². The van der Waals surface area contributed by atoms with Gasteiger partial charge in [0.25, 0.3) is 0 Å². The highest BCUT2D eigenvalue weighted by Crippen LogP contribution is 2.20. The Kier molecular flexibility index (Phi) is 23.3. The van der Waals surface area contributed by atoms with Gasteiger partial charge in [-0.15, -0.1) is 0 Å². The summed E-state index contributed by atoms with van der Waals surface area (Å²) in [6.45, 7) is 4.30. The molecule has 2 aliphatic heterocycles. The number of aliphatic carboxylic acids is 3. The monoisotopic (exact) mass is 946 g/mol. The van der Waals surface area contributed by atoms with E-state index in [4.69, 9.17) is 5.53 Å². The molecule has 7 N–H and O–H groups in total. The van der Waals surface area contributed by atoms with Crippen molar-refractivity contribution in [2.75, 3.05) is 109 Å². The lowest BCUT2D eigenvalue weighted by Crippen LogP contribution is -2.49. The zero-order chi connectivity index (χ0) is 48.8. The average Bonchev–Trinajstić information content (AvgIpc) is 3.49. The van der Waals surface area contributed by atoms with E-state index in [1.165, 1.54) is 18.7 Å². The number of hydrogen-bond acceptors (Lipinski definition) is 15. The second-order valence-corrected chi connectivity index (χ2v) is 17.2. The number of thioether (sulfide) groups is 1. The molecule has 2 aliphatic rings. The zero-order valence-corrected chi connectivity index (χ0v) is 38.4. The Balaban J connectivity index is 1.58. The van der Waals surface area contributed by atoms with Crippen molar-refractivity contribution in [3.8, 4) is 0 Å². The van der Waals surface area contributed by atoms with Gasteiger partial charge in [-0.3, -0.25) is 62.9 Å². The van der Waals surface area contributed by atoms with E-state index in [2.05, 4.69) is 31.3 Å². The van der Waals surface area contributed by atoms with E-state index < -0.39 is 59.5 Å². The van der Waals surface area contributed by atoms with Crippen LogP contribution < -0.4 is 21.3 Å². The van der Waals surface area contributed by atoms with Crippen LogP contribution in [0.1, 0.15) is 38.7 Å². The molecule has 0 spiro atoms. The summed E-state index contributed by atoms with van der Waals surface area (Å²) in [5, 5.41) is 42.8. The summed E-state index contributed by atoms with van der Waals surface area (Å²) in [7, 11) is 0. The summed E-state index contributed by atoms with van der Waals surface area (Å²) in [4.78, 5) is 123. The van der Waals surface area contributed by atoms with Crippen LogP contribution in [-0.2, 0) is 44.9 Å². The summed E-state index contributed by atoms with van der Waals surface area (Å²) in [5.41, 5.74) is 10.1. The average molecular weight is 947 g/mol. The number of carboxylic acid groups (broad SMARTS) is 3. The Labute approximate surface area is 386 Å². The predicted molar refractivity (Wildman–Crippen MR) is 241 cm³/mol. The Bertz CT molecular complexity index is 1890. The van der Waals surface area contributed by atoms with Gasteiger partial charge in [-0.2, -0.15) is 11.8 Å². The van der Waals surface area contributed by atoms with Crippen molar-refractivity contribution in [2.45, 2.75) is 51.7 Å². The van der Waals surface area contributed by atoms with Crippen LogP contribution in [0.2, 0.25) is 0 Å². The number of urea groups is 1. The zero-order valence-electron chi connectivity index (χ0n) is 37.6. The summed E-state index contributed by atoms with van der Waals surface area (Å²) < 4.78 is 0. The number of nitrogens with one attached hydrogen (secondary N) is 4. The number of imide groups is 1. The molecule has 0 radical (unpaired) electrons. The van der Waals surface area contributed by atoms with Crippen molar-refractivity contribution in [2.24, 2.45) is 17.0 Å². The maximum atomic E-state index is 13.6. The van der Waals surface area contributed by atoms with Gasteiger partial charge >= 0.3 is 23.9 Å². The number of ketones is 1. The Hall–Kier alpha value is -5.85. The molecule has 66 heavy (non-hydrogen) atoms. The van der Waals surface area contributed by atoms with E-state index in [1.807, 2.05) is 6.26 Å². The SMILES string of the molecule is CSCC[C@H](NC(=O)Nc1ccc(CNC(=O)CN2CCN(CC(=O)O)CCN(CC(=O)O)CCN(CC(=O)O)CC2)cc1)C(=O)C[C@H](C(=O)NCCN1C(=O)CC(C)C1=O)[C@H](C)N=[N+]=[N-].